The molecule has 7 atom stereocenters. The Labute approximate surface area is 251 Å². The van der Waals surface area contributed by atoms with E-state index >= 15 is 0 Å². The molecule has 4 aliphatic carbocycles. The van der Waals surface area contributed by atoms with E-state index in [1.165, 1.54) is 31.3 Å². The van der Waals surface area contributed by atoms with Crippen LogP contribution in [0.4, 0.5) is 4.79 Å². The van der Waals surface area contributed by atoms with Gasteiger partial charge in [0, 0.05) is 19.9 Å². The molecule has 1 aromatic rings. The lowest BCUT2D eigenvalue weighted by Crippen LogP contribution is -2.38. The van der Waals surface area contributed by atoms with Gasteiger partial charge >= 0.3 is 6.09 Å². The van der Waals surface area contributed by atoms with Crippen molar-refractivity contribution in [2.75, 3.05) is 7.05 Å². The molecule has 1 aromatic heterocycles. The Morgan fingerprint density at radius 3 is 2.74 bits per heavy atom. The fraction of sp³-hybridized carbons (Fsp3) is 0.735. The Bertz CT molecular complexity index is 1200. The van der Waals surface area contributed by atoms with E-state index in [0.29, 0.717) is 36.5 Å². The van der Waals surface area contributed by atoms with Crippen LogP contribution in [0.3, 0.4) is 0 Å². The van der Waals surface area contributed by atoms with Crippen molar-refractivity contribution in [3.05, 3.63) is 47.2 Å². The molecular formula is C34H51N3O5. The number of carbonyl (C=O) groups excluding carboxylic acids is 1. The summed E-state index contributed by atoms with van der Waals surface area (Å²) in [6, 6.07) is 0. The molecule has 4 saturated carbocycles. The quantitative estimate of drug-likeness (QED) is 0.295. The standard InChI is InChI=1S/C34H51N3O5/c1-6-8-30-36-31(42-37-30)34(17-18-34)29(41-32(40)35-5)15-10-21(2)26-13-14-27-23(9-7-16-33(26,27)4)11-12-24-19-25(38)20-28(39)22(24)3/h11-12,21,25-29,38-39H,3,6-10,13-20H2,1-2,4-5H3,(H,35,40)/t21-,25-,26-,27+,28+,29+,33-/m1/s1. The summed E-state index contributed by atoms with van der Waals surface area (Å²) in [6.45, 7) is 11.1. The minimum atomic E-state index is -0.657. The number of fused-ring (bicyclic) bond motifs is 1. The number of aliphatic hydroxyl groups excluding tert-OH is 2. The van der Waals surface area contributed by atoms with Gasteiger partial charge in [0.05, 0.1) is 17.6 Å². The van der Waals surface area contributed by atoms with Crippen molar-refractivity contribution >= 4 is 6.09 Å². The summed E-state index contributed by atoms with van der Waals surface area (Å²) in [5.41, 5.74) is 3.10. The van der Waals surface area contributed by atoms with Crippen LogP contribution in [0.15, 0.2) is 40.0 Å². The number of aliphatic hydroxyl groups is 2. The number of allylic oxidation sites excluding steroid dienone is 3. The zero-order chi connectivity index (χ0) is 30.1. The molecule has 0 aliphatic heterocycles. The van der Waals surface area contributed by atoms with Crippen molar-refractivity contribution < 1.29 is 24.3 Å². The molecule has 42 heavy (non-hydrogen) atoms. The molecule has 1 amide bonds. The van der Waals surface area contributed by atoms with Crippen LogP contribution in [0.25, 0.3) is 0 Å². The smallest absolute Gasteiger partial charge is 0.407 e. The summed E-state index contributed by atoms with van der Waals surface area (Å²) in [7, 11) is 1.60. The number of ether oxygens (including phenoxy) is 1. The molecule has 8 heteroatoms. The van der Waals surface area contributed by atoms with E-state index in [2.05, 4.69) is 50.0 Å². The number of nitrogens with one attached hydrogen (secondary N) is 1. The molecule has 0 spiro atoms. The highest BCUT2D eigenvalue weighted by atomic mass is 16.6. The van der Waals surface area contributed by atoms with Crippen molar-refractivity contribution in [2.45, 2.75) is 128 Å². The first-order chi connectivity index (χ1) is 20.1. The molecule has 0 bridgehead atoms. The molecule has 0 unspecified atom stereocenters. The molecule has 8 nitrogen and oxygen atoms in total. The molecule has 3 N–H and O–H groups in total. The van der Waals surface area contributed by atoms with E-state index in [4.69, 9.17) is 14.2 Å². The Morgan fingerprint density at radius 2 is 2.02 bits per heavy atom. The third kappa shape index (κ3) is 6.12. The van der Waals surface area contributed by atoms with Gasteiger partial charge in [-0.25, -0.2) is 4.79 Å². The van der Waals surface area contributed by atoms with Crippen molar-refractivity contribution in [1.29, 1.82) is 0 Å². The second-order valence-electron chi connectivity index (χ2n) is 13.8. The van der Waals surface area contributed by atoms with Crippen LogP contribution in [0.1, 0.15) is 110 Å². The van der Waals surface area contributed by atoms with E-state index in [1.54, 1.807) is 7.05 Å². The molecular weight excluding hydrogens is 530 g/mol. The summed E-state index contributed by atoms with van der Waals surface area (Å²) >= 11 is 0. The number of alkyl carbamates (subject to hydrolysis) is 1. The summed E-state index contributed by atoms with van der Waals surface area (Å²) in [5.74, 6) is 2.99. The molecule has 4 aliphatic rings. The maximum absolute atomic E-state index is 12.4. The van der Waals surface area contributed by atoms with Gasteiger partial charge < -0.3 is 24.8 Å². The van der Waals surface area contributed by atoms with Gasteiger partial charge in [0.15, 0.2) is 5.82 Å². The average molecular weight is 582 g/mol. The number of nitrogens with zero attached hydrogens (tertiary/aromatic N) is 2. The molecule has 232 valence electrons. The monoisotopic (exact) mass is 581 g/mol. The average Bonchev–Trinajstić information content (AvgIpc) is 3.49. The fourth-order valence-corrected chi connectivity index (χ4v) is 8.52. The van der Waals surface area contributed by atoms with Gasteiger partial charge in [-0.05, 0) is 105 Å². The SMILES string of the molecule is C=C1C(=CC=C2CCC[C@]3(C)[C@@H]([C@H](C)CC[C@H](OC(=O)NC)C4(c5nc(CCC)no5)CC4)CC[C@@H]23)C[C@@H](O)C[C@@H]1O. The van der Waals surface area contributed by atoms with Crippen LogP contribution in [0, 0.1) is 23.2 Å². The summed E-state index contributed by atoms with van der Waals surface area (Å²) in [6.07, 6.45) is 14.7. The number of hydrogen-bond donors (Lipinski definition) is 3. The van der Waals surface area contributed by atoms with Crippen molar-refractivity contribution in [1.82, 2.24) is 15.5 Å². The van der Waals surface area contributed by atoms with Crippen molar-refractivity contribution in [3.8, 4) is 0 Å². The lowest BCUT2D eigenvalue weighted by atomic mass is 9.60. The van der Waals surface area contributed by atoms with E-state index in [-0.39, 0.29) is 16.9 Å². The molecule has 0 saturated heterocycles. The number of aryl methyl sites for hydroxylation is 1. The number of rotatable bonds is 10. The predicted molar refractivity (Wildman–Crippen MR) is 162 cm³/mol. The van der Waals surface area contributed by atoms with Gasteiger partial charge in [-0.2, -0.15) is 4.98 Å². The number of aromatic nitrogens is 2. The van der Waals surface area contributed by atoms with E-state index in [0.717, 1.165) is 61.9 Å². The number of amides is 1. The molecule has 4 fully saturated rings. The van der Waals surface area contributed by atoms with Gasteiger partial charge in [-0.1, -0.05) is 50.2 Å². The first-order valence-electron chi connectivity index (χ1n) is 16.3. The Morgan fingerprint density at radius 1 is 1.24 bits per heavy atom. The lowest BCUT2D eigenvalue weighted by Gasteiger charge is -2.44. The molecule has 5 rings (SSSR count). The molecule has 0 aromatic carbocycles. The Balaban J connectivity index is 1.28. The lowest BCUT2D eigenvalue weighted by molar-refractivity contribution is 0.0468. The Hall–Kier alpha value is -2.45. The van der Waals surface area contributed by atoms with Crippen LogP contribution >= 0.6 is 0 Å². The minimum Gasteiger partial charge on any atom is -0.445 e. The summed E-state index contributed by atoms with van der Waals surface area (Å²) < 4.78 is 11.7. The number of carbonyl (C=O) groups is 1. The summed E-state index contributed by atoms with van der Waals surface area (Å²) in [5, 5.41) is 27.3. The first kappa shape index (κ1) is 31.0. The highest BCUT2D eigenvalue weighted by molar-refractivity contribution is 5.67. The van der Waals surface area contributed by atoms with Gasteiger partial charge in [0.2, 0.25) is 5.89 Å². The van der Waals surface area contributed by atoms with E-state index < -0.39 is 18.3 Å². The maximum Gasteiger partial charge on any atom is 0.407 e. The van der Waals surface area contributed by atoms with E-state index in [1.807, 2.05) is 0 Å². The third-order valence-corrected chi connectivity index (χ3v) is 11.1. The Kier molecular flexibility index (Phi) is 9.33. The van der Waals surface area contributed by atoms with Gasteiger partial charge in [-0.3, -0.25) is 0 Å². The molecule has 0 radical (unpaired) electrons. The van der Waals surface area contributed by atoms with Crippen LogP contribution < -0.4 is 5.32 Å². The maximum atomic E-state index is 12.4. The van der Waals surface area contributed by atoms with E-state index in [9.17, 15) is 15.0 Å². The largest absolute Gasteiger partial charge is 0.445 e. The van der Waals surface area contributed by atoms with Crippen molar-refractivity contribution in [2.24, 2.45) is 23.2 Å². The van der Waals surface area contributed by atoms with Crippen LogP contribution in [0.5, 0.6) is 0 Å². The first-order valence-corrected chi connectivity index (χ1v) is 16.3. The fourth-order valence-electron chi connectivity index (χ4n) is 8.52. The second kappa shape index (κ2) is 12.7. The molecule has 1 heterocycles. The normalized spacial score (nSPS) is 33.8. The number of hydrogen-bond acceptors (Lipinski definition) is 7. The van der Waals surface area contributed by atoms with Crippen molar-refractivity contribution in [3.63, 3.8) is 0 Å². The van der Waals surface area contributed by atoms with Gasteiger partial charge in [-0.15, -0.1) is 0 Å². The summed E-state index contributed by atoms with van der Waals surface area (Å²) in [4.78, 5) is 17.1. The van der Waals surface area contributed by atoms with Gasteiger partial charge in [0.1, 0.15) is 6.10 Å². The van der Waals surface area contributed by atoms with Crippen LogP contribution in [-0.2, 0) is 16.6 Å². The second-order valence-corrected chi connectivity index (χ2v) is 13.8. The van der Waals surface area contributed by atoms with Crippen LogP contribution in [-0.4, -0.2) is 51.8 Å². The zero-order valence-electron chi connectivity index (χ0n) is 26.0. The highest BCUT2D eigenvalue weighted by Crippen LogP contribution is 2.60. The van der Waals surface area contributed by atoms with Gasteiger partial charge in [0.25, 0.3) is 0 Å². The topological polar surface area (TPSA) is 118 Å². The highest BCUT2D eigenvalue weighted by Gasteiger charge is 2.57. The minimum absolute atomic E-state index is 0.237. The predicted octanol–water partition coefficient (Wildman–Crippen LogP) is 6.34. The van der Waals surface area contributed by atoms with Crippen LogP contribution in [0.2, 0.25) is 0 Å². The zero-order valence-corrected chi connectivity index (χ0v) is 26.0. The third-order valence-electron chi connectivity index (χ3n) is 11.1.